The molecule has 0 saturated carbocycles. The van der Waals surface area contributed by atoms with Gasteiger partial charge in [-0.1, -0.05) is 6.92 Å². The van der Waals surface area contributed by atoms with Crippen LogP contribution in [0.4, 0.5) is 0 Å². The summed E-state index contributed by atoms with van der Waals surface area (Å²) < 4.78 is 4.70. The molecule has 0 amide bonds. The van der Waals surface area contributed by atoms with Gasteiger partial charge in [0, 0.05) is 6.92 Å². The van der Waals surface area contributed by atoms with Crippen LogP contribution in [0.1, 0.15) is 27.2 Å². The molecule has 0 spiro atoms. The van der Waals surface area contributed by atoms with Crippen LogP contribution in [0.15, 0.2) is 0 Å². The van der Waals surface area contributed by atoms with Crippen LogP contribution < -0.4 is 0 Å². The highest BCUT2D eigenvalue weighted by Gasteiger charge is 2.31. The third kappa shape index (κ3) is 4.04. The average molecular weight is 206 g/mol. The van der Waals surface area contributed by atoms with Gasteiger partial charge in [0.25, 0.3) is 0 Å². The Morgan fingerprint density at radius 2 is 1.86 bits per heavy atom. The minimum absolute atomic E-state index is 0.325. The zero-order chi connectivity index (χ0) is 11.3. The van der Waals surface area contributed by atoms with E-state index in [1.807, 2.05) is 0 Å². The summed E-state index contributed by atoms with van der Waals surface area (Å²) in [6.07, 6.45) is -4.04. The topological polar surface area (TPSA) is 87.0 Å². The number of carbonyl (C=O) groups is 1. The third-order valence-corrected chi connectivity index (χ3v) is 1.93. The number of hydrogen-bond donors (Lipinski definition) is 3. The van der Waals surface area contributed by atoms with Crippen molar-refractivity contribution in [2.24, 2.45) is 0 Å². The Morgan fingerprint density at radius 1 is 1.36 bits per heavy atom. The van der Waals surface area contributed by atoms with Crippen LogP contribution in [0.25, 0.3) is 0 Å². The van der Waals surface area contributed by atoms with Crippen molar-refractivity contribution in [2.45, 2.75) is 51.6 Å². The molecule has 5 nitrogen and oxygen atoms in total. The van der Waals surface area contributed by atoms with Gasteiger partial charge in [-0.15, -0.1) is 0 Å². The summed E-state index contributed by atoms with van der Waals surface area (Å²) >= 11 is 0. The Balaban J connectivity index is 4.40. The first kappa shape index (κ1) is 13.4. The highest BCUT2D eigenvalue weighted by molar-refractivity contribution is 5.66. The Morgan fingerprint density at radius 3 is 2.14 bits per heavy atom. The number of aliphatic hydroxyl groups excluding tert-OH is 3. The fraction of sp³-hybridized carbons (Fsp3) is 0.889. The van der Waals surface area contributed by atoms with E-state index in [4.69, 9.17) is 4.74 Å². The molecule has 84 valence electrons. The Hall–Kier alpha value is -0.650. The van der Waals surface area contributed by atoms with Gasteiger partial charge in [0.05, 0.1) is 12.2 Å². The van der Waals surface area contributed by atoms with Gasteiger partial charge in [-0.3, -0.25) is 4.79 Å². The Bertz CT molecular complexity index is 180. The minimum Gasteiger partial charge on any atom is -0.457 e. The van der Waals surface area contributed by atoms with Gasteiger partial charge in [-0.05, 0) is 13.3 Å². The molecule has 0 aliphatic heterocycles. The maximum absolute atomic E-state index is 10.6. The van der Waals surface area contributed by atoms with E-state index < -0.39 is 30.4 Å². The predicted octanol–water partition coefficient (Wildman–Crippen LogP) is -0.569. The van der Waals surface area contributed by atoms with E-state index in [1.165, 1.54) is 13.8 Å². The molecule has 4 atom stereocenters. The van der Waals surface area contributed by atoms with Crippen molar-refractivity contribution in [1.29, 1.82) is 0 Å². The summed E-state index contributed by atoms with van der Waals surface area (Å²) in [5.41, 5.74) is 0. The molecule has 0 bridgehead atoms. The van der Waals surface area contributed by atoms with Gasteiger partial charge in [0.1, 0.15) is 6.10 Å². The zero-order valence-electron chi connectivity index (χ0n) is 8.67. The second-order valence-electron chi connectivity index (χ2n) is 3.28. The van der Waals surface area contributed by atoms with E-state index in [0.29, 0.717) is 6.42 Å². The van der Waals surface area contributed by atoms with Gasteiger partial charge in [-0.2, -0.15) is 0 Å². The smallest absolute Gasteiger partial charge is 0.303 e. The number of aliphatic hydroxyl groups is 3. The van der Waals surface area contributed by atoms with Crippen LogP contribution in [-0.4, -0.2) is 45.7 Å². The molecule has 14 heavy (non-hydrogen) atoms. The molecule has 0 rings (SSSR count). The summed E-state index contributed by atoms with van der Waals surface area (Å²) in [5.74, 6) is -0.599. The van der Waals surface area contributed by atoms with Gasteiger partial charge in [0.15, 0.2) is 6.10 Å². The third-order valence-electron chi connectivity index (χ3n) is 1.93. The minimum atomic E-state index is -1.26. The van der Waals surface area contributed by atoms with Crippen LogP contribution in [-0.2, 0) is 9.53 Å². The van der Waals surface area contributed by atoms with Crippen molar-refractivity contribution in [3.05, 3.63) is 0 Å². The number of hydrogen-bond acceptors (Lipinski definition) is 5. The fourth-order valence-corrected chi connectivity index (χ4v) is 1.11. The first-order valence-electron chi connectivity index (χ1n) is 4.61. The standard InChI is InChI=1S/C9H18O5/c1-4-7(12)8(13)9(5(2)10)14-6(3)11/h5,7-10,12-13H,4H2,1-3H3. The van der Waals surface area contributed by atoms with E-state index in [2.05, 4.69) is 0 Å². The Kier molecular flexibility index (Phi) is 5.68. The fourth-order valence-electron chi connectivity index (χ4n) is 1.11. The molecule has 0 aromatic rings. The molecular formula is C9H18O5. The van der Waals surface area contributed by atoms with Crippen molar-refractivity contribution >= 4 is 5.97 Å². The van der Waals surface area contributed by atoms with Gasteiger partial charge >= 0.3 is 5.97 Å². The molecule has 0 aromatic carbocycles. The van der Waals surface area contributed by atoms with Crippen LogP contribution in [0.2, 0.25) is 0 Å². The normalized spacial score (nSPS) is 19.6. The quantitative estimate of drug-likeness (QED) is 0.524. The highest BCUT2D eigenvalue weighted by atomic mass is 16.6. The molecule has 0 saturated heterocycles. The zero-order valence-corrected chi connectivity index (χ0v) is 8.67. The van der Waals surface area contributed by atoms with Crippen molar-refractivity contribution < 1.29 is 24.9 Å². The molecule has 5 heteroatoms. The van der Waals surface area contributed by atoms with Crippen molar-refractivity contribution in [1.82, 2.24) is 0 Å². The van der Waals surface area contributed by atoms with E-state index >= 15 is 0 Å². The Labute approximate surface area is 83.3 Å². The van der Waals surface area contributed by atoms with Crippen LogP contribution in [0, 0.1) is 0 Å². The van der Waals surface area contributed by atoms with Gasteiger partial charge in [-0.25, -0.2) is 0 Å². The van der Waals surface area contributed by atoms with Crippen molar-refractivity contribution in [2.75, 3.05) is 0 Å². The maximum atomic E-state index is 10.6. The lowest BCUT2D eigenvalue weighted by molar-refractivity contribution is -0.168. The van der Waals surface area contributed by atoms with E-state index in [-0.39, 0.29) is 0 Å². The lowest BCUT2D eigenvalue weighted by Crippen LogP contribution is -2.45. The largest absolute Gasteiger partial charge is 0.457 e. The number of esters is 1. The van der Waals surface area contributed by atoms with Gasteiger partial charge < -0.3 is 20.1 Å². The predicted molar refractivity (Wildman–Crippen MR) is 49.5 cm³/mol. The first-order chi connectivity index (χ1) is 6.40. The molecule has 3 N–H and O–H groups in total. The maximum Gasteiger partial charge on any atom is 0.303 e. The van der Waals surface area contributed by atoms with E-state index in [0.717, 1.165) is 0 Å². The molecule has 0 aliphatic rings. The summed E-state index contributed by atoms with van der Waals surface area (Å²) in [6, 6.07) is 0. The van der Waals surface area contributed by atoms with Crippen LogP contribution in [0.5, 0.6) is 0 Å². The highest BCUT2D eigenvalue weighted by Crippen LogP contribution is 2.11. The van der Waals surface area contributed by atoms with Crippen LogP contribution >= 0.6 is 0 Å². The number of carbonyl (C=O) groups excluding carboxylic acids is 1. The molecule has 4 unspecified atom stereocenters. The summed E-state index contributed by atoms with van der Waals surface area (Å²) in [4.78, 5) is 10.6. The summed E-state index contributed by atoms with van der Waals surface area (Å²) in [6.45, 7) is 4.25. The monoisotopic (exact) mass is 206 g/mol. The SMILES string of the molecule is CCC(O)C(O)C(OC(C)=O)C(C)O. The first-order valence-corrected chi connectivity index (χ1v) is 4.61. The molecule has 0 aromatic heterocycles. The second-order valence-corrected chi connectivity index (χ2v) is 3.28. The van der Waals surface area contributed by atoms with E-state index in [9.17, 15) is 20.1 Å². The summed E-state index contributed by atoms with van der Waals surface area (Å²) in [5, 5.41) is 28.0. The summed E-state index contributed by atoms with van der Waals surface area (Å²) in [7, 11) is 0. The van der Waals surface area contributed by atoms with E-state index in [1.54, 1.807) is 6.92 Å². The van der Waals surface area contributed by atoms with Gasteiger partial charge in [0.2, 0.25) is 0 Å². The molecule has 0 aliphatic carbocycles. The van der Waals surface area contributed by atoms with Crippen LogP contribution in [0.3, 0.4) is 0 Å². The van der Waals surface area contributed by atoms with Crippen molar-refractivity contribution in [3.63, 3.8) is 0 Å². The van der Waals surface area contributed by atoms with Crippen molar-refractivity contribution in [3.8, 4) is 0 Å². The molecule has 0 radical (unpaired) electrons. The molecule has 0 heterocycles. The lowest BCUT2D eigenvalue weighted by Gasteiger charge is -2.27. The second kappa shape index (κ2) is 5.95. The number of rotatable bonds is 5. The lowest BCUT2D eigenvalue weighted by atomic mass is 10.0. The molecule has 0 fully saturated rings. The molecular weight excluding hydrogens is 188 g/mol. The number of ether oxygens (including phenoxy) is 1. The average Bonchev–Trinajstić information content (AvgIpc) is 2.11.